The molecule has 8 heteroatoms. The van der Waals surface area contributed by atoms with Gasteiger partial charge in [-0.3, -0.25) is 4.79 Å². The fraction of sp³-hybridized carbons (Fsp3) is 0.350. The topological polar surface area (TPSA) is 84.4 Å². The third-order valence-corrected chi connectivity index (χ3v) is 5.17. The molecule has 1 aliphatic rings. The molecule has 1 saturated heterocycles. The summed E-state index contributed by atoms with van der Waals surface area (Å²) in [6.07, 6.45) is 4.00. The van der Waals surface area contributed by atoms with E-state index >= 15 is 0 Å². The van der Waals surface area contributed by atoms with Crippen LogP contribution < -0.4 is 10.2 Å². The molecule has 1 amide bonds. The fourth-order valence-corrected chi connectivity index (χ4v) is 3.60. The zero-order valence-corrected chi connectivity index (χ0v) is 16.9. The van der Waals surface area contributed by atoms with E-state index in [9.17, 15) is 4.79 Å². The van der Waals surface area contributed by atoms with Crippen molar-refractivity contribution in [1.29, 1.82) is 0 Å². The quantitative estimate of drug-likeness (QED) is 0.615. The number of aromatic nitrogens is 2. The van der Waals surface area contributed by atoms with Gasteiger partial charge in [-0.15, -0.1) is 5.10 Å². The van der Waals surface area contributed by atoms with E-state index in [-0.39, 0.29) is 11.7 Å². The maximum absolute atomic E-state index is 12.6. The molecule has 1 unspecified atom stereocenters. The predicted molar refractivity (Wildman–Crippen MR) is 107 cm³/mol. The molecule has 0 spiro atoms. The molecule has 1 fully saturated rings. The SMILES string of the molecule is O=C(NC(Cc1ccccc1)c1nnc(N2CCCCC2)o1)c1ccc(Br)o1. The summed E-state index contributed by atoms with van der Waals surface area (Å²) in [6, 6.07) is 13.3. The molecule has 1 N–H and O–H groups in total. The molecular formula is C20H21BrN4O3. The molecule has 0 saturated carbocycles. The van der Waals surface area contributed by atoms with Crippen molar-refractivity contribution in [3.63, 3.8) is 0 Å². The Balaban J connectivity index is 1.55. The molecule has 1 aromatic carbocycles. The first kappa shape index (κ1) is 18.7. The highest BCUT2D eigenvalue weighted by Gasteiger charge is 2.25. The van der Waals surface area contributed by atoms with Gasteiger partial charge in [-0.05, 0) is 52.9 Å². The van der Waals surface area contributed by atoms with Crippen molar-refractivity contribution in [2.24, 2.45) is 0 Å². The molecule has 1 aliphatic heterocycles. The Bertz CT molecular complexity index is 918. The molecule has 7 nitrogen and oxygen atoms in total. The van der Waals surface area contributed by atoms with Gasteiger partial charge in [0.05, 0.1) is 0 Å². The first-order chi connectivity index (χ1) is 13.7. The van der Waals surface area contributed by atoms with Crippen LogP contribution in [0.15, 0.2) is 56.0 Å². The smallest absolute Gasteiger partial charge is 0.318 e. The molecule has 0 bridgehead atoms. The molecule has 1 atom stereocenters. The number of hydrogen-bond acceptors (Lipinski definition) is 6. The first-order valence-electron chi connectivity index (χ1n) is 9.37. The molecular weight excluding hydrogens is 424 g/mol. The average Bonchev–Trinajstić information content (AvgIpc) is 3.38. The Labute approximate surface area is 171 Å². The van der Waals surface area contributed by atoms with Gasteiger partial charge in [-0.25, -0.2) is 0 Å². The van der Waals surface area contributed by atoms with Gasteiger partial charge in [0, 0.05) is 19.5 Å². The summed E-state index contributed by atoms with van der Waals surface area (Å²) in [5, 5.41) is 11.4. The maximum Gasteiger partial charge on any atom is 0.318 e. The molecule has 0 aliphatic carbocycles. The number of rotatable bonds is 6. The van der Waals surface area contributed by atoms with Crippen LogP contribution in [0.2, 0.25) is 0 Å². The number of benzene rings is 1. The van der Waals surface area contributed by atoms with Crippen LogP contribution in [0.1, 0.15) is 47.3 Å². The Morgan fingerprint density at radius 1 is 1.07 bits per heavy atom. The van der Waals surface area contributed by atoms with Crippen LogP contribution in [0.25, 0.3) is 0 Å². The van der Waals surface area contributed by atoms with Gasteiger partial charge in [-0.1, -0.05) is 35.4 Å². The number of nitrogens with zero attached hydrogens (tertiary/aromatic N) is 3. The monoisotopic (exact) mass is 444 g/mol. The summed E-state index contributed by atoms with van der Waals surface area (Å²) < 4.78 is 11.8. The van der Waals surface area contributed by atoms with E-state index in [1.54, 1.807) is 12.1 Å². The summed E-state index contributed by atoms with van der Waals surface area (Å²) in [5.41, 5.74) is 1.06. The highest BCUT2D eigenvalue weighted by Crippen LogP contribution is 2.24. The fourth-order valence-electron chi connectivity index (χ4n) is 3.30. The third-order valence-electron chi connectivity index (χ3n) is 4.74. The summed E-state index contributed by atoms with van der Waals surface area (Å²) in [7, 11) is 0. The Kier molecular flexibility index (Phi) is 5.76. The molecule has 3 aromatic rings. The zero-order valence-electron chi connectivity index (χ0n) is 15.3. The number of amides is 1. The average molecular weight is 445 g/mol. The van der Waals surface area contributed by atoms with E-state index in [1.165, 1.54) is 6.42 Å². The largest absolute Gasteiger partial charge is 0.444 e. The first-order valence-corrected chi connectivity index (χ1v) is 10.2. The lowest BCUT2D eigenvalue weighted by Gasteiger charge is -2.24. The Morgan fingerprint density at radius 3 is 2.57 bits per heavy atom. The van der Waals surface area contributed by atoms with Crippen LogP contribution in [0.5, 0.6) is 0 Å². The van der Waals surface area contributed by atoms with Crippen molar-refractivity contribution in [3.8, 4) is 0 Å². The minimum atomic E-state index is -0.454. The number of carbonyl (C=O) groups is 1. The second kappa shape index (κ2) is 8.60. The molecule has 4 rings (SSSR count). The number of anilines is 1. The molecule has 2 aromatic heterocycles. The molecule has 0 radical (unpaired) electrons. The highest BCUT2D eigenvalue weighted by atomic mass is 79.9. The van der Waals surface area contributed by atoms with Crippen LogP contribution >= 0.6 is 15.9 Å². The number of furan rings is 1. The van der Waals surface area contributed by atoms with Crippen LogP contribution in [0, 0.1) is 0 Å². The predicted octanol–water partition coefficient (Wildman–Crippen LogP) is 4.13. The standard InChI is InChI=1S/C20H21BrN4O3/c21-17-10-9-16(27-17)18(26)22-15(13-14-7-3-1-4-8-14)19-23-24-20(28-19)25-11-5-2-6-12-25/h1,3-4,7-10,15H,2,5-6,11-13H2,(H,22,26). The Hall–Kier alpha value is -2.61. The van der Waals surface area contributed by atoms with Gasteiger partial charge in [0.15, 0.2) is 10.4 Å². The van der Waals surface area contributed by atoms with Crippen LogP contribution in [-0.4, -0.2) is 29.2 Å². The number of halogens is 1. The van der Waals surface area contributed by atoms with Gasteiger partial charge in [-0.2, -0.15) is 0 Å². The zero-order chi connectivity index (χ0) is 19.3. The van der Waals surface area contributed by atoms with Crippen LogP contribution in [-0.2, 0) is 6.42 Å². The van der Waals surface area contributed by atoms with Crippen LogP contribution in [0.3, 0.4) is 0 Å². The minimum Gasteiger partial charge on any atom is -0.444 e. The van der Waals surface area contributed by atoms with E-state index in [4.69, 9.17) is 8.83 Å². The van der Waals surface area contributed by atoms with Crippen LogP contribution in [0.4, 0.5) is 6.01 Å². The van der Waals surface area contributed by atoms with E-state index in [0.29, 0.717) is 23.0 Å². The van der Waals surface area contributed by atoms with Gasteiger partial charge in [0.2, 0.25) is 5.89 Å². The molecule has 146 valence electrons. The summed E-state index contributed by atoms with van der Waals surface area (Å²) in [6.45, 7) is 1.83. The second-order valence-electron chi connectivity index (χ2n) is 6.79. The van der Waals surface area contributed by atoms with Crippen molar-refractivity contribution in [2.45, 2.75) is 31.7 Å². The van der Waals surface area contributed by atoms with Gasteiger partial charge in [0.25, 0.3) is 5.91 Å². The van der Waals surface area contributed by atoms with Gasteiger partial charge >= 0.3 is 6.01 Å². The van der Waals surface area contributed by atoms with E-state index in [1.807, 2.05) is 30.3 Å². The number of hydrogen-bond donors (Lipinski definition) is 1. The highest BCUT2D eigenvalue weighted by molar-refractivity contribution is 9.10. The summed E-state index contributed by atoms with van der Waals surface area (Å²) >= 11 is 3.22. The van der Waals surface area contributed by atoms with Crippen molar-refractivity contribution < 1.29 is 13.6 Å². The van der Waals surface area contributed by atoms with E-state index in [2.05, 4.69) is 36.3 Å². The minimum absolute atomic E-state index is 0.223. The third kappa shape index (κ3) is 4.44. The lowest BCUT2D eigenvalue weighted by atomic mass is 10.1. The van der Waals surface area contributed by atoms with Crippen molar-refractivity contribution >= 4 is 27.9 Å². The number of nitrogens with one attached hydrogen (secondary N) is 1. The van der Waals surface area contributed by atoms with Gasteiger partial charge in [0.1, 0.15) is 6.04 Å². The summed E-state index contributed by atoms with van der Waals surface area (Å²) in [5.74, 6) is 0.286. The molecule has 28 heavy (non-hydrogen) atoms. The number of carbonyl (C=O) groups excluding carboxylic acids is 1. The van der Waals surface area contributed by atoms with E-state index < -0.39 is 6.04 Å². The van der Waals surface area contributed by atoms with Crippen molar-refractivity contribution in [1.82, 2.24) is 15.5 Å². The normalized spacial score (nSPS) is 15.4. The summed E-state index contributed by atoms with van der Waals surface area (Å²) in [4.78, 5) is 14.7. The maximum atomic E-state index is 12.6. The van der Waals surface area contributed by atoms with E-state index in [0.717, 1.165) is 31.5 Å². The Morgan fingerprint density at radius 2 is 1.86 bits per heavy atom. The second-order valence-corrected chi connectivity index (χ2v) is 7.57. The lowest BCUT2D eigenvalue weighted by molar-refractivity contribution is 0.0900. The number of piperidine rings is 1. The molecule has 3 heterocycles. The van der Waals surface area contributed by atoms with Crippen molar-refractivity contribution in [3.05, 3.63) is 64.3 Å². The van der Waals surface area contributed by atoms with Crippen molar-refractivity contribution in [2.75, 3.05) is 18.0 Å². The lowest BCUT2D eigenvalue weighted by Crippen LogP contribution is -2.30. The van der Waals surface area contributed by atoms with Gasteiger partial charge < -0.3 is 19.1 Å².